The summed E-state index contributed by atoms with van der Waals surface area (Å²) in [5, 5.41) is 12.9. The van der Waals surface area contributed by atoms with Gasteiger partial charge in [0, 0.05) is 32.4 Å². The molecule has 21 heavy (non-hydrogen) atoms. The predicted molar refractivity (Wildman–Crippen MR) is 73.6 cm³/mol. The van der Waals surface area contributed by atoms with Crippen LogP contribution in [0.2, 0.25) is 0 Å². The zero-order valence-electron chi connectivity index (χ0n) is 12.2. The average Bonchev–Trinajstić information content (AvgIpc) is 2.93. The highest BCUT2D eigenvalue weighted by Gasteiger charge is 2.28. The lowest BCUT2D eigenvalue weighted by Gasteiger charge is -2.30. The third kappa shape index (κ3) is 4.27. The Hall–Kier alpha value is -1.92. The molecule has 1 aromatic rings. The van der Waals surface area contributed by atoms with Gasteiger partial charge in [-0.05, 0) is 19.3 Å². The lowest BCUT2D eigenvalue weighted by Crippen LogP contribution is -2.42. The van der Waals surface area contributed by atoms with Gasteiger partial charge in [0.1, 0.15) is 0 Å². The van der Waals surface area contributed by atoms with Gasteiger partial charge < -0.3 is 14.5 Å². The van der Waals surface area contributed by atoms with Crippen molar-refractivity contribution in [3.63, 3.8) is 0 Å². The van der Waals surface area contributed by atoms with Gasteiger partial charge in [0.15, 0.2) is 5.82 Å². The fourth-order valence-corrected chi connectivity index (χ4v) is 2.49. The Morgan fingerprint density at radius 2 is 2.24 bits per heavy atom. The van der Waals surface area contributed by atoms with Gasteiger partial charge in [-0.25, -0.2) is 0 Å². The van der Waals surface area contributed by atoms with Crippen molar-refractivity contribution in [3.05, 3.63) is 11.7 Å². The van der Waals surface area contributed by atoms with Crippen LogP contribution < -0.4 is 0 Å². The summed E-state index contributed by atoms with van der Waals surface area (Å²) >= 11 is 0. The Bertz CT molecular complexity index is 500. The molecule has 7 nitrogen and oxygen atoms in total. The van der Waals surface area contributed by atoms with Crippen LogP contribution >= 0.6 is 0 Å². The second-order valence-corrected chi connectivity index (χ2v) is 5.37. The Labute approximate surface area is 123 Å². The number of likely N-dealkylation sites (tertiary alicyclic amines) is 1. The van der Waals surface area contributed by atoms with E-state index in [1.54, 1.807) is 4.90 Å². The molecule has 0 aliphatic carbocycles. The number of carboxylic acids is 1. The largest absolute Gasteiger partial charge is 0.481 e. The average molecular weight is 295 g/mol. The van der Waals surface area contributed by atoms with E-state index < -0.39 is 11.9 Å². The van der Waals surface area contributed by atoms with Crippen molar-refractivity contribution in [2.75, 3.05) is 13.1 Å². The maximum Gasteiger partial charge on any atom is 0.308 e. The molecule has 2 heterocycles. The van der Waals surface area contributed by atoms with E-state index in [4.69, 9.17) is 9.63 Å². The van der Waals surface area contributed by atoms with E-state index >= 15 is 0 Å². The Morgan fingerprint density at radius 3 is 2.95 bits per heavy atom. The van der Waals surface area contributed by atoms with Crippen LogP contribution in [0.3, 0.4) is 0 Å². The summed E-state index contributed by atoms with van der Waals surface area (Å²) < 4.78 is 5.09. The van der Waals surface area contributed by atoms with Crippen molar-refractivity contribution in [1.29, 1.82) is 0 Å². The molecule has 0 aromatic carbocycles. The molecule has 0 spiro atoms. The number of piperidine rings is 1. The molecule has 2 rings (SSSR count). The lowest BCUT2D eigenvalue weighted by molar-refractivity contribution is -0.145. The first kappa shape index (κ1) is 15.5. The van der Waals surface area contributed by atoms with Gasteiger partial charge in [-0.3, -0.25) is 9.59 Å². The van der Waals surface area contributed by atoms with E-state index in [1.807, 2.05) is 6.92 Å². The first-order valence-electron chi connectivity index (χ1n) is 7.42. The van der Waals surface area contributed by atoms with E-state index in [-0.39, 0.29) is 12.3 Å². The number of carbonyl (C=O) groups excluding carboxylic acids is 1. The summed E-state index contributed by atoms with van der Waals surface area (Å²) in [6, 6.07) is 0. The van der Waals surface area contributed by atoms with Crippen LogP contribution in [0.5, 0.6) is 0 Å². The highest BCUT2D eigenvalue weighted by Crippen LogP contribution is 2.17. The monoisotopic (exact) mass is 295 g/mol. The van der Waals surface area contributed by atoms with Gasteiger partial charge in [0.2, 0.25) is 11.8 Å². The number of carbonyl (C=O) groups is 2. The van der Waals surface area contributed by atoms with Gasteiger partial charge in [0.25, 0.3) is 0 Å². The van der Waals surface area contributed by atoms with Crippen molar-refractivity contribution < 1.29 is 19.2 Å². The maximum atomic E-state index is 12.1. The van der Waals surface area contributed by atoms with Crippen LogP contribution in [-0.2, 0) is 22.4 Å². The summed E-state index contributed by atoms with van der Waals surface area (Å²) in [6.07, 6.45) is 3.78. The number of aromatic nitrogens is 2. The van der Waals surface area contributed by atoms with Crippen LogP contribution in [-0.4, -0.2) is 45.1 Å². The van der Waals surface area contributed by atoms with Crippen molar-refractivity contribution >= 4 is 11.9 Å². The zero-order valence-corrected chi connectivity index (χ0v) is 12.2. The van der Waals surface area contributed by atoms with Gasteiger partial charge >= 0.3 is 5.97 Å². The van der Waals surface area contributed by atoms with Crippen LogP contribution in [0, 0.1) is 5.92 Å². The van der Waals surface area contributed by atoms with Crippen LogP contribution in [0.4, 0.5) is 0 Å². The summed E-state index contributed by atoms with van der Waals surface area (Å²) in [4.78, 5) is 29.0. The molecule has 7 heteroatoms. The van der Waals surface area contributed by atoms with E-state index in [2.05, 4.69) is 10.1 Å². The molecule has 1 aliphatic heterocycles. The van der Waals surface area contributed by atoms with Crippen molar-refractivity contribution in [1.82, 2.24) is 15.0 Å². The summed E-state index contributed by atoms with van der Waals surface area (Å²) in [5.41, 5.74) is 0. The molecule has 0 saturated carbocycles. The molecule has 1 fully saturated rings. The number of aliphatic carboxylic acids is 1. The van der Waals surface area contributed by atoms with Crippen LogP contribution in [0.1, 0.15) is 44.3 Å². The van der Waals surface area contributed by atoms with Crippen LogP contribution in [0.15, 0.2) is 4.52 Å². The first-order chi connectivity index (χ1) is 10.1. The smallest absolute Gasteiger partial charge is 0.308 e. The topological polar surface area (TPSA) is 96.5 Å². The van der Waals surface area contributed by atoms with E-state index in [0.29, 0.717) is 37.6 Å². The minimum atomic E-state index is -0.825. The molecule has 1 atom stereocenters. The third-order valence-corrected chi connectivity index (χ3v) is 3.66. The maximum absolute atomic E-state index is 12.1. The van der Waals surface area contributed by atoms with Crippen molar-refractivity contribution in [3.8, 4) is 0 Å². The summed E-state index contributed by atoms with van der Waals surface area (Å²) in [5.74, 6) is -0.172. The molecule has 1 saturated heterocycles. The highest BCUT2D eigenvalue weighted by atomic mass is 16.5. The van der Waals surface area contributed by atoms with Gasteiger partial charge in [-0.15, -0.1) is 0 Å². The molecule has 1 aromatic heterocycles. The Kier molecular flexibility index (Phi) is 5.30. The van der Waals surface area contributed by atoms with E-state index in [0.717, 1.165) is 19.3 Å². The molecule has 1 aliphatic rings. The SMILES string of the molecule is CCCc1noc(CCC(=O)N2CCCC(C(=O)O)C2)n1. The molecule has 116 valence electrons. The van der Waals surface area contributed by atoms with Gasteiger partial charge in [0.05, 0.1) is 5.92 Å². The molecule has 1 N–H and O–H groups in total. The van der Waals surface area contributed by atoms with E-state index in [9.17, 15) is 9.59 Å². The first-order valence-corrected chi connectivity index (χ1v) is 7.42. The molecular formula is C14H21N3O4. The standard InChI is InChI=1S/C14H21N3O4/c1-2-4-11-15-12(21-16-11)6-7-13(18)17-8-3-5-10(9-17)14(19)20/h10H,2-9H2,1H3,(H,19,20). The number of carboxylic acid groups (broad SMARTS) is 1. The second kappa shape index (κ2) is 7.19. The Balaban J connectivity index is 1.82. The summed E-state index contributed by atoms with van der Waals surface area (Å²) in [6.45, 7) is 2.97. The van der Waals surface area contributed by atoms with Crippen molar-refractivity contribution in [2.45, 2.75) is 45.4 Å². The number of aryl methyl sites for hydroxylation is 2. The fourth-order valence-electron chi connectivity index (χ4n) is 2.49. The molecule has 1 unspecified atom stereocenters. The molecule has 1 amide bonds. The zero-order chi connectivity index (χ0) is 15.2. The molecule has 0 bridgehead atoms. The Morgan fingerprint density at radius 1 is 1.43 bits per heavy atom. The third-order valence-electron chi connectivity index (χ3n) is 3.66. The minimum absolute atomic E-state index is 0.0452. The highest BCUT2D eigenvalue weighted by molar-refractivity contribution is 5.78. The van der Waals surface area contributed by atoms with Gasteiger partial charge in [-0.2, -0.15) is 4.98 Å². The number of amides is 1. The van der Waals surface area contributed by atoms with E-state index in [1.165, 1.54) is 0 Å². The predicted octanol–water partition coefficient (Wildman–Crippen LogP) is 1.28. The fraction of sp³-hybridized carbons (Fsp3) is 0.714. The number of hydrogen-bond donors (Lipinski definition) is 1. The number of rotatable bonds is 6. The van der Waals surface area contributed by atoms with Gasteiger partial charge in [-0.1, -0.05) is 12.1 Å². The van der Waals surface area contributed by atoms with Crippen LogP contribution in [0.25, 0.3) is 0 Å². The normalized spacial score (nSPS) is 18.7. The number of nitrogens with zero attached hydrogens (tertiary/aromatic N) is 3. The van der Waals surface area contributed by atoms with Crippen molar-refractivity contribution in [2.24, 2.45) is 5.92 Å². The summed E-state index contributed by atoms with van der Waals surface area (Å²) in [7, 11) is 0. The minimum Gasteiger partial charge on any atom is -0.481 e. The second-order valence-electron chi connectivity index (χ2n) is 5.37. The molecule has 0 radical (unpaired) electrons. The quantitative estimate of drug-likeness (QED) is 0.849. The number of hydrogen-bond acceptors (Lipinski definition) is 5. The molecular weight excluding hydrogens is 274 g/mol. The lowest BCUT2D eigenvalue weighted by atomic mass is 9.98.